The van der Waals surface area contributed by atoms with Crippen molar-refractivity contribution in [2.75, 3.05) is 23.3 Å². The molecule has 1 unspecified atom stereocenters. The van der Waals surface area contributed by atoms with Crippen molar-refractivity contribution in [2.24, 2.45) is 0 Å². The number of benzene rings is 2. The SMILES string of the molecule is CCN(CC)c1ccc(C(C#N)C(=O)Nc2ccccc2)cc1. The van der Waals surface area contributed by atoms with E-state index in [4.69, 9.17) is 0 Å². The third-order valence-corrected chi connectivity index (χ3v) is 3.79. The Morgan fingerprint density at radius 2 is 1.70 bits per heavy atom. The van der Waals surface area contributed by atoms with Gasteiger partial charge in [0, 0.05) is 24.5 Å². The molecule has 2 rings (SSSR count). The highest BCUT2D eigenvalue weighted by atomic mass is 16.1. The first-order chi connectivity index (χ1) is 11.2. The molecular formula is C19H21N3O. The highest BCUT2D eigenvalue weighted by Crippen LogP contribution is 2.22. The summed E-state index contributed by atoms with van der Waals surface area (Å²) >= 11 is 0. The van der Waals surface area contributed by atoms with E-state index in [-0.39, 0.29) is 5.91 Å². The zero-order valence-corrected chi connectivity index (χ0v) is 13.5. The third kappa shape index (κ3) is 4.10. The van der Waals surface area contributed by atoms with Crippen LogP contribution in [0.3, 0.4) is 0 Å². The Bertz CT molecular complexity index is 670. The molecule has 2 aromatic rings. The minimum atomic E-state index is -0.819. The lowest BCUT2D eigenvalue weighted by Gasteiger charge is -2.21. The van der Waals surface area contributed by atoms with Crippen LogP contribution in [0.25, 0.3) is 0 Å². The number of hydrogen-bond donors (Lipinski definition) is 1. The molecule has 1 atom stereocenters. The van der Waals surface area contributed by atoms with Crippen molar-refractivity contribution in [3.8, 4) is 6.07 Å². The monoisotopic (exact) mass is 307 g/mol. The zero-order chi connectivity index (χ0) is 16.7. The highest BCUT2D eigenvalue weighted by molar-refractivity contribution is 5.97. The summed E-state index contributed by atoms with van der Waals surface area (Å²) in [5.74, 6) is -1.13. The lowest BCUT2D eigenvalue weighted by Crippen LogP contribution is -2.22. The molecule has 118 valence electrons. The van der Waals surface area contributed by atoms with Gasteiger partial charge in [0.2, 0.25) is 5.91 Å². The van der Waals surface area contributed by atoms with E-state index in [1.54, 1.807) is 12.1 Å². The minimum Gasteiger partial charge on any atom is -0.372 e. The molecule has 0 aliphatic rings. The topological polar surface area (TPSA) is 56.1 Å². The maximum Gasteiger partial charge on any atom is 0.246 e. The second-order valence-corrected chi connectivity index (χ2v) is 5.18. The lowest BCUT2D eigenvalue weighted by molar-refractivity contribution is -0.116. The molecule has 0 fully saturated rings. The van der Waals surface area contributed by atoms with Gasteiger partial charge in [-0.25, -0.2) is 0 Å². The number of hydrogen-bond acceptors (Lipinski definition) is 3. The van der Waals surface area contributed by atoms with Crippen LogP contribution in [0.4, 0.5) is 11.4 Å². The van der Waals surface area contributed by atoms with Crippen molar-refractivity contribution in [3.63, 3.8) is 0 Å². The molecule has 1 N–H and O–H groups in total. The quantitative estimate of drug-likeness (QED) is 0.883. The van der Waals surface area contributed by atoms with E-state index in [2.05, 4.69) is 30.1 Å². The molecule has 0 aromatic heterocycles. The van der Waals surface area contributed by atoms with Crippen molar-refractivity contribution in [1.82, 2.24) is 0 Å². The van der Waals surface area contributed by atoms with E-state index >= 15 is 0 Å². The van der Waals surface area contributed by atoms with Crippen LogP contribution in [-0.2, 0) is 4.79 Å². The van der Waals surface area contributed by atoms with Crippen LogP contribution in [0.5, 0.6) is 0 Å². The predicted octanol–water partition coefficient (Wildman–Crippen LogP) is 3.78. The van der Waals surface area contributed by atoms with E-state index in [9.17, 15) is 10.1 Å². The fourth-order valence-electron chi connectivity index (χ4n) is 2.49. The van der Waals surface area contributed by atoms with Gasteiger partial charge in [-0.2, -0.15) is 5.26 Å². The number of nitrogens with one attached hydrogen (secondary N) is 1. The van der Waals surface area contributed by atoms with Crippen molar-refractivity contribution < 1.29 is 4.79 Å². The summed E-state index contributed by atoms with van der Waals surface area (Å²) < 4.78 is 0. The Morgan fingerprint density at radius 1 is 1.09 bits per heavy atom. The number of carbonyl (C=O) groups is 1. The predicted molar refractivity (Wildman–Crippen MR) is 93.4 cm³/mol. The average Bonchev–Trinajstić information content (AvgIpc) is 2.59. The Balaban J connectivity index is 2.14. The van der Waals surface area contributed by atoms with E-state index in [1.807, 2.05) is 42.5 Å². The smallest absolute Gasteiger partial charge is 0.246 e. The van der Waals surface area contributed by atoms with Crippen LogP contribution in [0.2, 0.25) is 0 Å². The molecule has 0 saturated carbocycles. The van der Waals surface area contributed by atoms with Crippen LogP contribution in [0.15, 0.2) is 54.6 Å². The van der Waals surface area contributed by atoms with E-state index < -0.39 is 5.92 Å². The van der Waals surface area contributed by atoms with Crippen LogP contribution in [-0.4, -0.2) is 19.0 Å². The lowest BCUT2D eigenvalue weighted by atomic mass is 9.99. The van der Waals surface area contributed by atoms with E-state index in [0.29, 0.717) is 11.3 Å². The van der Waals surface area contributed by atoms with Gasteiger partial charge in [0.25, 0.3) is 0 Å². The zero-order valence-electron chi connectivity index (χ0n) is 13.5. The van der Waals surface area contributed by atoms with Gasteiger partial charge in [-0.3, -0.25) is 4.79 Å². The van der Waals surface area contributed by atoms with Crippen LogP contribution in [0, 0.1) is 11.3 Å². The summed E-state index contributed by atoms with van der Waals surface area (Å²) in [5.41, 5.74) is 2.49. The fourth-order valence-corrected chi connectivity index (χ4v) is 2.49. The molecular weight excluding hydrogens is 286 g/mol. The largest absolute Gasteiger partial charge is 0.372 e. The maximum absolute atomic E-state index is 12.3. The first-order valence-corrected chi connectivity index (χ1v) is 7.80. The van der Waals surface area contributed by atoms with Crippen LogP contribution >= 0.6 is 0 Å². The van der Waals surface area contributed by atoms with Crippen LogP contribution < -0.4 is 10.2 Å². The summed E-state index contributed by atoms with van der Waals surface area (Å²) in [6.07, 6.45) is 0. The van der Waals surface area contributed by atoms with Gasteiger partial charge in [-0.15, -0.1) is 0 Å². The Morgan fingerprint density at radius 3 is 2.22 bits per heavy atom. The van der Waals surface area contributed by atoms with Gasteiger partial charge in [0.05, 0.1) is 6.07 Å². The molecule has 0 bridgehead atoms. The molecule has 0 saturated heterocycles. The summed E-state index contributed by atoms with van der Waals surface area (Å²) in [7, 11) is 0. The van der Waals surface area contributed by atoms with Gasteiger partial charge in [-0.1, -0.05) is 30.3 Å². The second kappa shape index (κ2) is 8.00. The van der Waals surface area contributed by atoms with Gasteiger partial charge in [0.15, 0.2) is 5.92 Å². The molecule has 0 radical (unpaired) electrons. The normalized spacial score (nSPS) is 11.3. The first-order valence-electron chi connectivity index (χ1n) is 7.80. The molecule has 2 aromatic carbocycles. The Hall–Kier alpha value is -2.80. The van der Waals surface area contributed by atoms with Gasteiger partial charge < -0.3 is 10.2 Å². The third-order valence-electron chi connectivity index (χ3n) is 3.79. The van der Waals surface area contributed by atoms with Crippen LogP contribution in [0.1, 0.15) is 25.3 Å². The molecule has 4 nitrogen and oxygen atoms in total. The summed E-state index contributed by atoms with van der Waals surface area (Å²) in [4.78, 5) is 14.5. The minimum absolute atomic E-state index is 0.311. The number of anilines is 2. The number of nitriles is 1. The molecule has 0 aliphatic carbocycles. The number of nitrogens with zero attached hydrogens (tertiary/aromatic N) is 2. The summed E-state index contributed by atoms with van der Waals surface area (Å²) in [6, 6.07) is 18.9. The van der Waals surface area contributed by atoms with Gasteiger partial charge in [0.1, 0.15) is 0 Å². The van der Waals surface area contributed by atoms with E-state index in [0.717, 1.165) is 18.8 Å². The van der Waals surface area contributed by atoms with Gasteiger partial charge >= 0.3 is 0 Å². The molecule has 23 heavy (non-hydrogen) atoms. The van der Waals surface area contributed by atoms with Crippen molar-refractivity contribution in [1.29, 1.82) is 5.26 Å². The van der Waals surface area contributed by atoms with Crippen molar-refractivity contribution in [2.45, 2.75) is 19.8 Å². The Labute approximate surface area is 137 Å². The average molecular weight is 307 g/mol. The molecule has 0 spiro atoms. The second-order valence-electron chi connectivity index (χ2n) is 5.18. The fraction of sp³-hybridized carbons (Fsp3) is 0.263. The summed E-state index contributed by atoms with van der Waals surface area (Å²) in [5, 5.41) is 12.2. The number of carbonyl (C=O) groups excluding carboxylic acids is 1. The standard InChI is InChI=1S/C19H21N3O/c1-3-22(4-2)17-12-10-15(11-13-17)18(14-20)19(23)21-16-8-6-5-7-9-16/h5-13,18H,3-4H2,1-2H3,(H,21,23). The number of para-hydroxylation sites is 1. The van der Waals surface area contributed by atoms with Gasteiger partial charge in [-0.05, 0) is 43.7 Å². The maximum atomic E-state index is 12.3. The van der Waals surface area contributed by atoms with E-state index in [1.165, 1.54) is 0 Å². The molecule has 1 amide bonds. The number of rotatable bonds is 6. The highest BCUT2D eigenvalue weighted by Gasteiger charge is 2.20. The molecule has 4 heteroatoms. The van der Waals surface area contributed by atoms with Crippen molar-refractivity contribution in [3.05, 3.63) is 60.2 Å². The Kier molecular flexibility index (Phi) is 5.76. The molecule has 0 aliphatic heterocycles. The molecule has 0 heterocycles. The first kappa shape index (κ1) is 16.6. The number of amides is 1. The van der Waals surface area contributed by atoms with Crippen molar-refractivity contribution >= 4 is 17.3 Å². The summed E-state index contributed by atoms with van der Waals surface area (Å²) in [6.45, 7) is 6.05.